The molecule has 0 spiro atoms. The number of ether oxygens (including phenoxy) is 1. The monoisotopic (exact) mass is 450 g/mol. The molecule has 0 aliphatic heterocycles. The van der Waals surface area contributed by atoms with Crippen molar-refractivity contribution in [2.75, 3.05) is 0 Å². The Morgan fingerprint density at radius 2 is 1.50 bits per heavy atom. The van der Waals surface area contributed by atoms with Crippen molar-refractivity contribution in [3.8, 4) is 5.75 Å². The molecule has 168 valence electrons. The van der Waals surface area contributed by atoms with Crippen molar-refractivity contribution in [2.45, 2.75) is 70.6 Å². The molecule has 0 radical (unpaired) electrons. The van der Waals surface area contributed by atoms with Gasteiger partial charge in [0.25, 0.3) is 0 Å². The Morgan fingerprint density at radius 3 is 2.07 bits per heavy atom. The van der Waals surface area contributed by atoms with E-state index in [0.29, 0.717) is 18.3 Å². The third kappa shape index (κ3) is 6.35. The Labute approximate surface area is 179 Å². The van der Waals surface area contributed by atoms with Gasteiger partial charge in [0, 0.05) is 5.54 Å². The molecule has 7 heteroatoms. The largest absolute Gasteiger partial charge is 0.573 e. The van der Waals surface area contributed by atoms with Crippen molar-refractivity contribution < 1.29 is 26.7 Å². The van der Waals surface area contributed by atoms with Crippen LogP contribution < -0.4 is 4.74 Å². The second kappa shape index (κ2) is 10.3. The first-order valence-corrected chi connectivity index (χ1v) is 11.2. The van der Waals surface area contributed by atoms with Crippen LogP contribution in [-0.2, 0) is 6.42 Å². The van der Waals surface area contributed by atoms with Gasteiger partial charge in [-0.05, 0) is 86.7 Å². The van der Waals surface area contributed by atoms with Crippen molar-refractivity contribution in [1.82, 2.24) is 0 Å². The van der Waals surface area contributed by atoms with Crippen LogP contribution in [0, 0.1) is 35.3 Å². The molecule has 0 saturated heterocycles. The highest BCUT2D eigenvalue weighted by atomic mass is 35.5. The van der Waals surface area contributed by atoms with Gasteiger partial charge in [0.15, 0.2) is 11.6 Å². The van der Waals surface area contributed by atoms with E-state index in [4.69, 9.17) is 11.6 Å². The number of aryl methyl sites for hydroxylation is 1. The molecule has 2 fully saturated rings. The average Bonchev–Trinajstić information content (AvgIpc) is 2.71. The fourth-order valence-corrected chi connectivity index (χ4v) is 5.39. The number of allylic oxidation sites excluding steroid dienone is 1. The molecule has 2 aliphatic rings. The van der Waals surface area contributed by atoms with E-state index in [0.717, 1.165) is 37.2 Å². The highest BCUT2D eigenvalue weighted by Gasteiger charge is 2.34. The van der Waals surface area contributed by atoms with Gasteiger partial charge < -0.3 is 4.74 Å². The standard InChI is InChI=1S/C23H28ClF5O/c24-14-13-16-3-8-18(9-4-16)17-6-1-15(2-7-17)5-10-19-11-12-20(22(26)21(19)25)30-23(27,28)29/h11-18H,1-10H2/b14-13+. The first kappa shape index (κ1) is 23.4. The summed E-state index contributed by atoms with van der Waals surface area (Å²) in [6.45, 7) is 0. The molecular formula is C23H28ClF5O. The van der Waals surface area contributed by atoms with Gasteiger partial charge in [-0.25, -0.2) is 4.39 Å². The number of hydrogen-bond donors (Lipinski definition) is 0. The Morgan fingerprint density at radius 1 is 0.900 bits per heavy atom. The molecule has 0 unspecified atom stereocenters. The summed E-state index contributed by atoms with van der Waals surface area (Å²) >= 11 is 5.69. The van der Waals surface area contributed by atoms with Gasteiger partial charge in [0.05, 0.1) is 0 Å². The first-order chi connectivity index (χ1) is 14.3. The van der Waals surface area contributed by atoms with E-state index in [9.17, 15) is 22.0 Å². The highest BCUT2D eigenvalue weighted by Crippen LogP contribution is 2.42. The summed E-state index contributed by atoms with van der Waals surface area (Å²) in [6, 6.07) is 2.05. The molecule has 0 bridgehead atoms. The Balaban J connectivity index is 1.45. The van der Waals surface area contributed by atoms with Crippen LogP contribution >= 0.6 is 11.6 Å². The quantitative estimate of drug-likeness (QED) is 0.397. The maximum atomic E-state index is 14.1. The lowest BCUT2D eigenvalue weighted by atomic mass is 9.68. The van der Waals surface area contributed by atoms with Crippen molar-refractivity contribution in [2.24, 2.45) is 23.7 Å². The van der Waals surface area contributed by atoms with Crippen LogP contribution in [0.3, 0.4) is 0 Å². The lowest BCUT2D eigenvalue weighted by Gasteiger charge is -2.37. The minimum atomic E-state index is -5.05. The van der Waals surface area contributed by atoms with Gasteiger partial charge in [-0.1, -0.05) is 36.6 Å². The molecule has 3 rings (SSSR count). The molecule has 0 N–H and O–H groups in total. The summed E-state index contributed by atoms with van der Waals surface area (Å²) in [7, 11) is 0. The molecular weight excluding hydrogens is 423 g/mol. The molecule has 1 aromatic rings. The maximum Gasteiger partial charge on any atom is 0.573 e. The van der Waals surface area contributed by atoms with Crippen molar-refractivity contribution >= 4 is 11.6 Å². The number of halogens is 6. The minimum Gasteiger partial charge on any atom is -0.403 e. The van der Waals surface area contributed by atoms with Gasteiger partial charge in [-0.2, -0.15) is 4.39 Å². The fraction of sp³-hybridized carbons (Fsp3) is 0.652. The van der Waals surface area contributed by atoms with E-state index in [1.807, 2.05) is 0 Å². The van der Waals surface area contributed by atoms with E-state index >= 15 is 0 Å². The topological polar surface area (TPSA) is 9.23 Å². The third-order valence-corrected chi connectivity index (χ3v) is 7.04. The highest BCUT2D eigenvalue weighted by molar-refractivity contribution is 6.25. The Kier molecular flexibility index (Phi) is 8.05. The average molecular weight is 451 g/mol. The van der Waals surface area contributed by atoms with Crippen molar-refractivity contribution in [1.29, 1.82) is 0 Å². The van der Waals surface area contributed by atoms with Crippen molar-refractivity contribution in [3.05, 3.63) is 40.9 Å². The van der Waals surface area contributed by atoms with Gasteiger partial charge in [0.2, 0.25) is 5.82 Å². The fourth-order valence-electron chi connectivity index (χ4n) is 5.19. The third-order valence-electron chi connectivity index (χ3n) is 6.89. The minimum absolute atomic E-state index is 0.106. The maximum absolute atomic E-state index is 14.1. The zero-order valence-corrected chi connectivity index (χ0v) is 17.6. The summed E-state index contributed by atoms with van der Waals surface area (Å²) < 4.78 is 68.3. The first-order valence-electron chi connectivity index (χ1n) is 10.8. The van der Waals surface area contributed by atoms with Crippen LogP contribution in [0.1, 0.15) is 63.4 Å². The number of hydrogen-bond acceptors (Lipinski definition) is 1. The molecule has 2 saturated carbocycles. The SMILES string of the molecule is Fc1c(CCC2CCC(C3CCC(/C=C/Cl)CC3)CC2)ccc(OC(F)(F)F)c1F. The second-order valence-electron chi connectivity index (χ2n) is 8.71. The van der Waals surface area contributed by atoms with Crippen LogP contribution in [0.4, 0.5) is 22.0 Å². The summed E-state index contributed by atoms with van der Waals surface area (Å²) in [5.41, 5.74) is 1.73. The Bertz CT molecular complexity index is 717. The summed E-state index contributed by atoms with van der Waals surface area (Å²) in [6.07, 6.45) is 7.47. The van der Waals surface area contributed by atoms with Gasteiger partial charge in [-0.3, -0.25) is 0 Å². The van der Waals surface area contributed by atoms with Crippen LogP contribution in [0.15, 0.2) is 23.7 Å². The number of rotatable bonds is 6. The molecule has 30 heavy (non-hydrogen) atoms. The zero-order chi connectivity index (χ0) is 21.7. The van der Waals surface area contributed by atoms with Gasteiger partial charge in [0.1, 0.15) is 0 Å². The summed E-state index contributed by atoms with van der Waals surface area (Å²) in [5, 5.41) is 0. The van der Waals surface area contributed by atoms with E-state index in [-0.39, 0.29) is 5.56 Å². The molecule has 2 aliphatic carbocycles. The lowest BCUT2D eigenvalue weighted by molar-refractivity contribution is -0.275. The normalized spacial score (nSPS) is 28.1. The molecule has 0 aromatic heterocycles. The van der Waals surface area contributed by atoms with Gasteiger partial charge in [-0.15, -0.1) is 13.2 Å². The number of alkyl halides is 3. The van der Waals surface area contributed by atoms with E-state index in [1.54, 1.807) is 5.54 Å². The molecule has 1 aromatic carbocycles. The second-order valence-corrected chi connectivity index (χ2v) is 8.96. The van der Waals surface area contributed by atoms with Crippen LogP contribution in [0.25, 0.3) is 0 Å². The van der Waals surface area contributed by atoms with Crippen molar-refractivity contribution in [3.63, 3.8) is 0 Å². The Hall–Kier alpha value is -1.30. The van der Waals surface area contributed by atoms with Crippen LogP contribution in [0.2, 0.25) is 0 Å². The summed E-state index contributed by atoms with van der Waals surface area (Å²) in [5.74, 6) is -1.36. The predicted octanol–water partition coefficient (Wildman–Crippen LogP) is 8.16. The number of benzene rings is 1. The lowest BCUT2D eigenvalue weighted by Crippen LogP contribution is -2.25. The summed E-state index contributed by atoms with van der Waals surface area (Å²) in [4.78, 5) is 0. The predicted molar refractivity (Wildman–Crippen MR) is 107 cm³/mol. The van der Waals surface area contributed by atoms with Crippen LogP contribution in [-0.4, -0.2) is 6.36 Å². The molecule has 0 amide bonds. The van der Waals surface area contributed by atoms with Gasteiger partial charge >= 0.3 is 6.36 Å². The molecule has 0 atom stereocenters. The van der Waals surface area contributed by atoms with E-state index < -0.39 is 23.7 Å². The molecule has 0 heterocycles. The van der Waals surface area contributed by atoms with E-state index in [1.165, 1.54) is 44.6 Å². The van der Waals surface area contributed by atoms with Crippen LogP contribution in [0.5, 0.6) is 5.75 Å². The van der Waals surface area contributed by atoms with E-state index in [2.05, 4.69) is 10.8 Å². The smallest absolute Gasteiger partial charge is 0.403 e. The zero-order valence-electron chi connectivity index (χ0n) is 16.9. The molecule has 1 nitrogen and oxygen atoms in total.